The molecule has 0 amide bonds. The standard InChI is InChI=1S/C52H16B2F20O/c55-33-29(34(56)42(64)49(71)41(33)63)53(30-35(57)43(65)50(72)44(66)36(30)58)20-9-4-17(5-10-20)19-8-13-23-25-15-14-22(24-2-1-3-26(28(24)25)75-27(23)16-19)18-6-11-21(12-7-18)54(31-37(59)45(67)51(73)46(68)38(31)60)32-39(61)47(69)52(74)48(70)40(32)62/h1-16H. The molecule has 0 atom stereocenters. The van der Waals surface area contributed by atoms with Gasteiger partial charge in [-0.3, -0.25) is 0 Å². The Kier molecular flexibility index (Phi) is 12.3. The second kappa shape index (κ2) is 18.3. The van der Waals surface area contributed by atoms with Crippen LogP contribution in [0.5, 0.6) is 11.5 Å². The molecule has 1 nitrogen and oxygen atoms in total. The molecule has 0 unspecified atom stereocenters. The molecular formula is C52H16B2F20O. The Morgan fingerprint density at radius 3 is 0.933 bits per heavy atom. The van der Waals surface area contributed by atoms with Crippen molar-refractivity contribution in [3.8, 4) is 44.9 Å². The van der Waals surface area contributed by atoms with Gasteiger partial charge in [0.15, 0.2) is 116 Å². The molecule has 0 N–H and O–H groups in total. The van der Waals surface area contributed by atoms with Crippen molar-refractivity contribution in [2.45, 2.75) is 0 Å². The molecule has 9 aromatic rings. The van der Waals surface area contributed by atoms with Crippen molar-refractivity contribution in [1.29, 1.82) is 0 Å². The Hall–Kier alpha value is -8.23. The lowest BCUT2D eigenvalue weighted by atomic mass is 9.36. The highest BCUT2D eigenvalue weighted by Crippen LogP contribution is 2.49. The maximum absolute atomic E-state index is 15.3. The summed E-state index contributed by atoms with van der Waals surface area (Å²) in [4.78, 5) is 0. The number of fused-ring (bicyclic) bond motifs is 2. The molecule has 376 valence electrons. The van der Waals surface area contributed by atoms with E-state index in [0.29, 0.717) is 33.0 Å². The summed E-state index contributed by atoms with van der Waals surface area (Å²) < 4.78 is 301. The van der Waals surface area contributed by atoms with Gasteiger partial charge in [0.05, 0.1) is 0 Å². The van der Waals surface area contributed by atoms with Gasteiger partial charge in [0.25, 0.3) is 13.4 Å². The van der Waals surface area contributed by atoms with Crippen molar-refractivity contribution in [3.05, 3.63) is 213 Å². The van der Waals surface area contributed by atoms with Gasteiger partial charge in [-0.1, -0.05) is 89.8 Å². The van der Waals surface area contributed by atoms with Crippen LogP contribution < -0.4 is 37.5 Å². The van der Waals surface area contributed by atoms with Crippen LogP contribution in [-0.4, -0.2) is 13.4 Å². The minimum absolute atomic E-state index is 0.182. The monoisotopic (exact) mass is 1060 g/mol. The molecule has 0 radical (unpaired) electrons. The summed E-state index contributed by atoms with van der Waals surface area (Å²) in [5.41, 5.74) is -7.03. The molecule has 10 rings (SSSR count). The maximum Gasteiger partial charge on any atom is 0.257 e. The highest BCUT2D eigenvalue weighted by atomic mass is 19.2. The van der Waals surface area contributed by atoms with Crippen molar-refractivity contribution < 1.29 is 92.5 Å². The SMILES string of the molecule is Fc1c(F)c(F)c(B(c2ccc(-c3ccc4c(c3)Oc3cccc5c(-c6ccc(B(c7c(F)c(F)c(F)c(F)c7F)c7c(F)c(F)c(F)c(F)c7F)cc6)ccc-4c35)cc2)c2c(F)c(F)c(F)c(F)c2F)c(F)c1F. The zero-order valence-corrected chi connectivity index (χ0v) is 36.4. The maximum atomic E-state index is 15.3. The van der Waals surface area contributed by atoms with E-state index < -0.39 is 163 Å². The van der Waals surface area contributed by atoms with Gasteiger partial charge in [-0.05, 0) is 51.4 Å². The van der Waals surface area contributed by atoms with Crippen LogP contribution >= 0.6 is 0 Å². The summed E-state index contributed by atoms with van der Waals surface area (Å²) in [5, 5.41) is 0.896. The first-order chi connectivity index (χ1) is 35.6. The first kappa shape index (κ1) is 50.3. The van der Waals surface area contributed by atoms with Crippen LogP contribution in [0, 0.1) is 116 Å². The molecule has 0 bridgehead atoms. The molecule has 0 saturated carbocycles. The van der Waals surface area contributed by atoms with Crippen LogP contribution in [0.2, 0.25) is 0 Å². The van der Waals surface area contributed by atoms with Crippen molar-refractivity contribution in [2.24, 2.45) is 0 Å². The number of hydrogen-bond donors (Lipinski definition) is 0. The molecule has 23 heteroatoms. The van der Waals surface area contributed by atoms with Crippen molar-refractivity contribution in [2.75, 3.05) is 0 Å². The molecule has 1 heterocycles. The predicted molar refractivity (Wildman–Crippen MR) is 235 cm³/mol. The second-order valence-electron chi connectivity index (χ2n) is 16.7. The third-order valence-corrected chi connectivity index (χ3v) is 12.8. The third kappa shape index (κ3) is 7.59. The molecule has 0 aromatic heterocycles. The van der Waals surface area contributed by atoms with Gasteiger partial charge in [0.2, 0.25) is 0 Å². The number of rotatable bonds is 8. The fraction of sp³-hybridized carbons (Fsp3) is 0. The Labute approximate surface area is 407 Å². The van der Waals surface area contributed by atoms with E-state index in [0.717, 1.165) is 36.4 Å². The number of halogens is 20. The summed E-state index contributed by atoms with van der Waals surface area (Å²) in [6, 6.07) is 20.7. The van der Waals surface area contributed by atoms with Gasteiger partial charge in [-0.25, -0.2) is 87.8 Å². The van der Waals surface area contributed by atoms with Crippen LogP contribution in [-0.2, 0) is 0 Å². The molecular weight excluding hydrogens is 1040 g/mol. The highest BCUT2D eigenvalue weighted by molar-refractivity contribution is 6.96. The molecule has 75 heavy (non-hydrogen) atoms. The average Bonchev–Trinajstić information content (AvgIpc) is 3.42. The lowest BCUT2D eigenvalue weighted by Gasteiger charge is -2.23. The summed E-state index contributed by atoms with van der Waals surface area (Å²) >= 11 is 0. The number of benzene rings is 9. The van der Waals surface area contributed by atoms with Crippen molar-refractivity contribution >= 4 is 57.0 Å². The molecule has 1 aliphatic heterocycles. The van der Waals surface area contributed by atoms with Crippen LogP contribution in [0.4, 0.5) is 87.8 Å². The first-order valence-corrected chi connectivity index (χ1v) is 21.2. The lowest BCUT2D eigenvalue weighted by Crippen LogP contribution is -2.58. The molecule has 0 fully saturated rings. The Morgan fingerprint density at radius 2 is 0.560 bits per heavy atom. The van der Waals surface area contributed by atoms with Gasteiger partial charge >= 0.3 is 0 Å². The van der Waals surface area contributed by atoms with E-state index in [2.05, 4.69) is 0 Å². The topological polar surface area (TPSA) is 9.23 Å². The highest BCUT2D eigenvalue weighted by Gasteiger charge is 2.43. The predicted octanol–water partition coefficient (Wildman–Crippen LogP) is 11.8. The van der Waals surface area contributed by atoms with E-state index in [-0.39, 0.29) is 22.6 Å². The summed E-state index contributed by atoms with van der Waals surface area (Å²) in [5.74, 6) is -51.8. The third-order valence-electron chi connectivity index (χ3n) is 12.8. The van der Waals surface area contributed by atoms with Crippen molar-refractivity contribution in [3.63, 3.8) is 0 Å². The van der Waals surface area contributed by atoms with Crippen LogP contribution in [0.15, 0.2) is 97.1 Å². The molecule has 0 aliphatic carbocycles. The smallest absolute Gasteiger partial charge is 0.257 e. The fourth-order valence-electron chi connectivity index (χ4n) is 9.24. The van der Waals surface area contributed by atoms with Crippen molar-refractivity contribution in [1.82, 2.24) is 0 Å². The normalized spacial score (nSPS) is 11.8. The molecule has 0 spiro atoms. The molecule has 1 aliphatic rings. The van der Waals surface area contributed by atoms with E-state index in [1.807, 2.05) is 0 Å². The summed E-state index contributed by atoms with van der Waals surface area (Å²) in [6.45, 7) is -5.62. The summed E-state index contributed by atoms with van der Waals surface area (Å²) in [7, 11) is 0. The van der Waals surface area contributed by atoms with Crippen LogP contribution in [0.25, 0.3) is 44.2 Å². The fourth-order valence-corrected chi connectivity index (χ4v) is 9.24. The van der Waals surface area contributed by atoms with E-state index in [9.17, 15) is 52.7 Å². The second-order valence-corrected chi connectivity index (χ2v) is 16.7. The number of hydrogen-bond acceptors (Lipinski definition) is 1. The lowest BCUT2D eigenvalue weighted by molar-refractivity contribution is 0.382. The average molecular weight is 1060 g/mol. The van der Waals surface area contributed by atoms with Crippen LogP contribution in [0.1, 0.15) is 0 Å². The van der Waals surface area contributed by atoms with Gasteiger partial charge in [-0.15, -0.1) is 0 Å². The van der Waals surface area contributed by atoms with Gasteiger partial charge in [-0.2, -0.15) is 0 Å². The largest absolute Gasteiger partial charge is 0.456 e. The van der Waals surface area contributed by atoms with Gasteiger partial charge in [0, 0.05) is 32.8 Å². The summed E-state index contributed by atoms with van der Waals surface area (Å²) in [6.07, 6.45) is 0. The van der Waals surface area contributed by atoms with Gasteiger partial charge in [0.1, 0.15) is 11.5 Å². The van der Waals surface area contributed by atoms with E-state index in [1.165, 1.54) is 24.3 Å². The zero-order chi connectivity index (χ0) is 54.0. The molecule has 0 saturated heterocycles. The van der Waals surface area contributed by atoms with E-state index in [4.69, 9.17) is 4.74 Å². The quantitative estimate of drug-likeness (QED) is 0.0638. The Bertz CT molecular complexity index is 3690. The zero-order valence-electron chi connectivity index (χ0n) is 36.4. The Morgan fingerprint density at radius 1 is 0.253 bits per heavy atom. The number of ether oxygens (including phenoxy) is 1. The van der Waals surface area contributed by atoms with E-state index >= 15 is 35.1 Å². The molecule has 9 aromatic carbocycles. The Balaban J connectivity index is 1.03. The minimum atomic E-state index is -2.81. The minimum Gasteiger partial charge on any atom is -0.456 e. The first-order valence-electron chi connectivity index (χ1n) is 21.2. The van der Waals surface area contributed by atoms with Gasteiger partial charge < -0.3 is 4.74 Å². The van der Waals surface area contributed by atoms with Crippen LogP contribution in [0.3, 0.4) is 0 Å². The van der Waals surface area contributed by atoms with E-state index in [1.54, 1.807) is 36.4 Å².